The molecule has 4 heteroatoms. The lowest BCUT2D eigenvalue weighted by Crippen LogP contribution is -2.00. The minimum atomic E-state index is 0.527. The highest BCUT2D eigenvalue weighted by Gasteiger charge is 2.01. The molecular weight excluding hydrogens is 314 g/mol. The van der Waals surface area contributed by atoms with Gasteiger partial charge in [0.05, 0.1) is 13.2 Å². The smallest absolute Gasteiger partial charge is 0.0731 e. The molecule has 2 aromatic rings. The summed E-state index contributed by atoms with van der Waals surface area (Å²) in [5.74, 6) is 0. The van der Waals surface area contributed by atoms with Crippen molar-refractivity contribution in [1.82, 2.24) is 4.98 Å². The maximum Gasteiger partial charge on any atom is 0.0731 e. The fourth-order valence-corrected chi connectivity index (χ4v) is 2.27. The average Bonchev–Trinajstić information content (AvgIpc) is 2.38. The van der Waals surface area contributed by atoms with Gasteiger partial charge in [0, 0.05) is 27.8 Å². The number of nitrogens with zero attached hydrogens (tertiary/aromatic N) is 1. The maximum atomic E-state index is 6.10. The van der Waals surface area contributed by atoms with E-state index in [1.165, 1.54) is 0 Å². The van der Waals surface area contributed by atoms with Crippen molar-refractivity contribution < 1.29 is 4.74 Å². The van der Waals surface area contributed by atoms with Crippen LogP contribution in [-0.4, -0.2) is 11.6 Å². The van der Waals surface area contributed by atoms with Crippen molar-refractivity contribution >= 4 is 27.5 Å². The fraction of sp³-hybridized carbons (Fsp3) is 0.214. The van der Waals surface area contributed by atoms with E-state index in [1.54, 1.807) is 6.20 Å². The summed E-state index contributed by atoms with van der Waals surface area (Å²) < 4.78 is 6.58. The summed E-state index contributed by atoms with van der Waals surface area (Å²) in [5, 5.41) is 0.724. The van der Waals surface area contributed by atoms with Crippen LogP contribution >= 0.6 is 27.5 Å². The van der Waals surface area contributed by atoms with Gasteiger partial charge in [-0.25, -0.2) is 0 Å². The van der Waals surface area contributed by atoms with Crippen molar-refractivity contribution in [3.05, 3.63) is 63.3 Å². The molecule has 1 aromatic heterocycles. The number of halogens is 2. The van der Waals surface area contributed by atoms with Gasteiger partial charge in [-0.3, -0.25) is 4.98 Å². The molecule has 1 heterocycles. The normalized spacial score (nSPS) is 10.6. The third-order valence-corrected chi connectivity index (χ3v) is 3.35. The van der Waals surface area contributed by atoms with Crippen LogP contribution in [0.15, 0.2) is 47.1 Å². The summed E-state index contributed by atoms with van der Waals surface area (Å²) in [5.41, 5.74) is 2.04. The van der Waals surface area contributed by atoms with Gasteiger partial charge >= 0.3 is 0 Å². The van der Waals surface area contributed by atoms with Gasteiger partial charge in [0.15, 0.2) is 0 Å². The minimum Gasteiger partial charge on any atom is -0.376 e. The standard InChI is InChI=1S/C14H13BrClNO/c15-12-5-4-11(14(16)9-12)10-18-8-6-13-3-1-2-7-17-13/h1-5,7,9H,6,8,10H2. The molecule has 0 radical (unpaired) electrons. The average molecular weight is 327 g/mol. The van der Waals surface area contributed by atoms with E-state index in [2.05, 4.69) is 20.9 Å². The van der Waals surface area contributed by atoms with Gasteiger partial charge in [-0.1, -0.05) is 39.7 Å². The van der Waals surface area contributed by atoms with Crippen LogP contribution in [0.3, 0.4) is 0 Å². The van der Waals surface area contributed by atoms with Crippen LogP contribution in [0.25, 0.3) is 0 Å². The van der Waals surface area contributed by atoms with Crippen molar-refractivity contribution in [3.8, 4) is 0 Å². The molecule has 2 nitrogen and oxygen atoms in total. The van der Waals surface area contributed by atoms with E-state index in [1.807, 2.05) is 36.4 Å². The van der Waals surface area contributed by atoms with Gasteiger partial charge in [-0.2, -0.15) is 0 Å². The number of rotatable bonds is 5. The van der Waals surface area contributed by atoms with E-state index >= 15 is 0 Å². The van der Waals surface area contributed by atoms with Crippen molar-refractivity contribution in [3.63, 3.8) is 0 Å². The molecule has 0 atom stereocenters. The number of hydrogen-bond acceptors (Lipinski definition) is 2. The second kappa shape index (κ2) is 6.88. The SMILES string of the molecule is Clc1cc(Br)ccc1COCCc1ccccn1. The first-order valence-electron chi connectivity index (χ1n) is 5.67. The van der Waals surface area contributed by atoms with E-state index in [0.717, 1.165) is 27.2 Å². The van der Waals surface area contributed by atoms with Gasteiger partial charge in [0.25, 0.3) is 0 Å². The largest absolute Gasteiger partial charge is 0.376 e. The molecular formula is C14H13BrClNO. The van der Waals surface area contributed by atoms with Gasteiger partial charge in [0.1, 0.15) is 0 Å². The predicted octanol–water partition coefficient (Wildman–Crippen LogP) is 4.26. The Morgan fingerprint density at radius 2 is 2.11 bits per heavy atom. The predicted molar refractivity (Wildman–Crippen MR) is 76.7 cm³/mol. The van der Waals surface area contributed by atoms with Crippen molar-refractivity contribution in [2.24, 2.45) is 0 Å². The second-order valence-corrected chi connectivity index (χ2v) is 5.18. The number of benzene rings is 1. The Bertz CT molecular complexity index is 504. The topological polar surface area (TPSA) is 22.1 Å². The lowest BCUT2D eigenvalue weighted by molar-refractivity contribution is 0.123. The Morgan fingerprint density at radius 1 is 1.22 bits per heavy atom. The summed E-state index contributed by atoms with van der Waals surface area (Å²) in [7, 11) is 0. The summed E-state index contributed by atoms with van der Waals surface area (Å²) in [6, 6.07) is 11.7. The second-order valence-electron chi connectivity index (χ2n) is 3.86. The molecule has 0 aliphatic heterocycles. The summed E-state index contributed by atoms with van der Waals surface area (Å²) >= 11 is 9.48. The molecule has 0 bridgehead atoms. The molecule has 0 saturated heterocycles. The quantitative estimate of drug-likeness (QED) is 0.766. The third-order valence-electron chi connectivity index (χ3n) is 2.50. The molecule has 2 rings (SSSR count). The molecule has 0 fully saturated rings. The molecule has 0 aliphatic carbocycles. The maximum absolute atomic E-state index is 6.10. The van der Waals surface area contributed by atoms with Crippen LogP contribution in [0.1, 0.15) is 11.3 Å². The molecule has 0 spiro atoms. The van der Waals surface area contributed by atoms with E-state index in [0.29, 0.717) is 13.2 Å². The molecule has 0 N–H and O–H groups in total. The lowest BCUT2D eigenvalue weighted by atomic mass is 10.2. The lowest BCUT2D eigenvalue weighted by Gasteiger charge is -2.06. The summed E-state index contributed by atoms with van der Waals surface area (Å²) in [4.78, 5) is 4.24. The van der Waals surface area contributed by atoms with Crippen LogP contribution in [0, 0.1) is 0 Å². The number of aromatic nitrogens is 1. The van der Waals surface area contributed by atoms with Crippen LogP contribution in [0.5, 0.6) is 0 Å². The zero-order valence-electron chi connectivity index (χ0n) is 9.77. The van der Waals surface area contributed by atoms with Crippen LogP contribution in [0.2, 0.25) is 5.02 Å². The molecule has 18 heavy (non-hydrogen) atoms. The molecule has 0 saturated carbocycles. The van der Waals surface area contributed by atoms with Crippen LogP contribution in [-0.2, 0) is 17.8 Å². The Kier molecular flexibility index (Phi) is 5.17. The summed E-state index contributed by atoms with van der Waals surface area (Å²) in [6.45, 7) is 1.17. The fourth-order valence-electron chi connectivity index (χ4n) is 1.54. The molecule has 0 unspecified atom stereocenters. The molecule has 1 aromatic carbocycles. The number of hydrogen-bond donors (Lipinski definition) is 0. The number of pyridine rings is 1. The van der Waals surface area contributed by atoms with Crippen LogP contribution in [0.4, 0.5) is 0 Å². The van der Waals surface area contributed by atoms with Gasteiger partial charge < -0.3 is 4.74 Å². The summed E-state index contributed by atoms with van der Waals surface area (Å²) in [6.07, 6.45) is 2.61. The first-order chi connectivity index (χ1) is 8.75. The Hall–Kier alpha value is -0.900. The van der Waals surface area contributed by atoms with E-state index in [4.69, 9.17) is 16.3 Å². The van der Waals surface area contributed by atoms with Crippen LogP contribution < -0.4 is 0 Å². The van der Waals surface area contributed by atoms with Crippen molar-refractivity contribution in [2.45, 2.75) is 13.0 Å². The van der Waals surface area contributed by atoms with Crippen molar-refractivity contribution in [2.75, 3.05) is 6.61 Å². The van der Waals surface area contributed by atoms with E-state index in [-0.39, 0.29) is 0 Å². The molecule has 0 amide bonds. The number of ether oxygens (including phenoxy) is 1. The van der Waals surface area contributed by atoms with Gasteiger partial charge in [0.2, 0.25) is 0 Å². The van der Waals surface area contributed by atoms with E-state index in [9.17, 15) is 0 Å². The zero-order valence-corrected chi connectivity index (χ0v) is 12.1. The molecule has 94 valence electrons. The van der Waals surface area contributed by atoms with Crippen molar-refractivity contribution in [1.29, 1.82) is 0 Å². The Labute approximate surface area is 120 Å². The zero-order chi connectivity index (χ0) is 12.8. The van der Waals surface area contributed by atoms with Gasteiger partial charge in [-0.05, 0) is 29.8 Å². The highest BCUT2D eigenvalue weighted by Crippen LogP contribution is 2.21. The Morgan fingerprint density at radius 3 is 2.83 bits per heavy atom. The minimum absolute atomic E-state index is 0.527. The first-order valence-corrected chi connectivity index (χ1v) is 6.84. The monoisotopic (exact) mass is 325 g/mol. The Balaban J connectivity index is 1.79. The first kappa shape index (κ1) is 13.5. The molecule has 0 aliphatic rings. The highest BCUT2D eigenvalue weighted by atomic mass is 79.9. The van der Waals surface area contributed by atoms with E-state index < -0.39 is 0 Å². The third kappa shape index (κ3) is 4.09. The highest BCUT2D eigenvalue weighted by molar-refractivity contribution is 9.10. The van der Waals surface area contributed by atoms with Gasteiger partial charge in [-0.15, -0.1) is 0 Å².